The first kappa shape index (κ1) is 17.4. The van der Waals surface area contributed by atoms with Crippen molar-refractivity contribution >= 4 is 28.5 Å². The number of hydrogen-bond donors (Lipinski definition) is 4. The van der Waals surface area contributed by atoms with E-state index in [9.17, 15) is 14.7 Å². The molecular formula is C19H17N3O4. The number of hydrogen-bond acceptors (Lipinski definition) is 5. The van der Waals surface area contributed by atoms with Crippen LogP contribution in [0.3, 0.4) is 0 Å². The lowest BCUT2D eigenvalue weighted by atomic mass is 10.1. The fourth-order valence-corrected chi connectivity index (χ4v) is 2.59. The van der Waals surface area contributed by atoms with Gasteiger partial charge in [0, 0.05) is 17.1 Å². The van der Waals surface area contributed by atoms with Crippen LogP contribution in [0, 0.1) is 0 Å². The number of aliphatic carboxylic acids is 1. The van der Waals surface area contributed by atoms with Gasteiger partial charge in [0.15, 0.2) is 0 Å². The predicted molar refractivity (Wildman–Crippen MR) is 97.1 cm³/mol. The average molecular weight is 351 g/mol. The zero-order chi connectivity index (χ0) is 18.7. The van der Waals surface area contributed by atoms with Crippen molar-refractivity contribution in [1.82, 2.24) is 4.98 Å². The Labute approximate surface area is 149 Å². The number of anilines is 1. The summed E-state index contributed by atoms with van der Waals surface area (Å²) < 4.78 is 0. The van der Waals surface area contributed by atoms with Gasteiger partial charge in [0.1, 0.15) is 17.5 Å². The third-order valence-electron chi connectivity index (χ3n) is 3.88. The number of carboxylic acid groups (broad SMARTS) is 1. The van der Waals surface area contributed by atoms with Crippen LogP contribution in [-0.2, 0) is 11.2 Å². The molecule has 26 heavy (non-hydrogen) atoms. The quantitative estimate of drug-likeness (QED) is 0.558. The van der Waals surface area contributed by atoms with Gasteiger partial charge in [-0.25, -0.2) is 4.98 Å². The molecular weight excluding hydrogens is 334 g/mol. The summed E-state index contributed by atoms with van der Waals surface area (Å²) in [5, 5.41) is 22.2. The van der Waals surface area contributed by atoms with Gasteiger partial charge in [-0.05, 0) is 36.2 Å². The van der Waals surface area contributed by atoms with Crippen LogP contribution < -0.4 is 11.1 Å². The lowest BCUT2D eigenvalue weighted by Crippen LogP contribution is -2.32. The number of nitrogens with one attached hydrogen (secondary N) is 1. The summed E-state index contributed by atoms with van der Waals surface area (Å²) in [6.07, 6.45) is 0.147. The molecule has 0 saturated carbocycles. The number of nitrogens with zero attached hydrogens (tertiary/aromatic N) is 1. The molecule has 2 aromatic carbocycles. The van der Waals surface area contributed by atoms with Gasteiger partial charge in [-0.15, -0.1) is 0 Å². The van der Waals surface area contributed by atoms with E-state index in [1.54, 1.807) is 48.5 Å². The molecule has 0 bridgehead atoms. The standard InChI is InChI=1S/C19H17N3O4/c20-14(19(25)26)9-11-4-3-5-12(8-11)21-18(24)16-10-17(23)13-6-1-2-7-15(13)22-16/h1-8,10,14H,9,20H2,(H,21,24)(H,22,23)(H,25,26)/t14-/m0/s1. The van der Waals surface area contributed by atoms with Crippen molar-refractivity contribution < 1.29 is 19.8 Å². The third kappa shape index (κ3) is 3.79. The van der Waals surface area contributed by atoms with Crippen LogP contribution in [-0.4, -0.2) is 33.1 Å². The van der Waals surface area contributed by atoms with Crippen molar-refractivity contribution in [3.8, 4) is 5.75 Å². The SMILES string of the molecule is N[C@@H](Cc1cccc(NC(=O)c2cc(O)c3ccccc3n2)c1)C(=O)O. The van der Waals surface area contributed by atoms with Crippen LogP contribution in [0.15, 0.2) is 54.6 Å². The third-order valence-corrected chi connectivity index (χ3v) is 3.88. The van der Waals surface area contributed by atoms with E-state index < -0.39 is 17.9 Å². The number of rotatable bonds is 5. The van der Waals surface area contributed by atoms with E-state index in [4.69, 9.17) is 10.8 Å². The normalized spacial score (nSPS) is 11.9. The maximum atomic E-state index is 12.4. The van der Waals surface area contributed by atoms with E-state index >= 15 is 0 Å². The first-order valence-corrected chi connectivity index (χ1v) is 7.91. The highest BCUT2D eigenvalue weighted by molar-refractivity contribution is 6.05. The average Bonchev–Trinajstić information content (AvgIpc) is 2.62. The summed E-state index contributed by atoms with van der Waals surface area (Å²) >= 11 is 0. The molecule has 7 heteroatoms. The second kappa shape index (κ2) is 7.20. The number of aromatic nitrogens is 1. The minimum atomic E-state index is -1.09. The fraction of sp³-hybridized carbons (Fsp3) is 0.105. The number of carbonyl (C=O) groups excluding carboxylic acids is 1. The Morgan fingerprint density at radius 2 is 1.88 bits per heavy atom. The molecule has 0 aliphatic carbocycles. The first-order valence-electron chi connectivity index (χ1n) is 7.91. The molecule has 0 spiro atoms. The maximum Gasteiger partial charge on any atom is 0.320 e. The molecule has 0 aliphatic heterocycles. The largest absolute Gasteiger partial charge is 0.507 e. The Kier molecular flexibility index (Phi) is 4.81. The number of aromatic hydroxyl groups is 1. The number of carbonyl (C=O) groups is 2. The molecule has 1 atom stereocenters. The van der Waals surface area contributed by atoms with Gasteiger partial charge >= 0.3 is 5.97 Å². The number of pyridine rings is 1. The molecule has 0 radical (unpaired) electrons. The van der Waals surface area contributed by atoms with Crippen molar-refractivity contribution in [2.24, 2.45) is 5.73 Å². The number of carboxylic acids is 1. The molecule has 1 aromatic heterocycles. The van der Waals surface area contributed by atoms with Gasteiger partial charge in [-0.3, -0.25) is 9.59 Å². The number of amides is 1. The molecule has 7 nitrogen and oxygen atoms in total. The summed E-state index contributed by atoms with van der Waals surface area (Å²) in [5.74, 6) is -1.59. The predicted octanol–water partition coefficient (Wildman–Crippen LogP) is 2.15. The molecule has 1 heterocycles. The summed E-state index contributed by atoms with van der Waals surface area (Å²) in [6, 6.07) is 14.0. The Bertz CT molecular complexity index is 987. The minimum absolute atomic E-state index is 0.0260. The highest BCUT2D eigenvalue weighted by Crippen LogP contribution is 2.24. The van der Waals surface area contributed by atoms with Crippen molar-refractivity contribution in [2.75, 3.05) is 5.32 Å². The molecule has 0 unspecified atom stereocenters. The van der Waals surface area contributed by atoms with Gasteiger partial charge in [0.05, 0.1) is 5.52 Å². The van der Waals surface area contributed by atoms with Crippen molar-refractivity contribution in [3.63, 3.8) is 0 Å². The lowest BCUT2D eigenvalue weighted by molar-refractivity contribution is -0.138. The molecule has 0 saturated heterocycles. The van der Waals surface area contributed by atoms with Crippen LogP contribution in [0.1, 0.15) is 16.1 Å². The Hall–Kier alpha value is -3.45. The molecule has 0 fully saturated rings. The monoisotopic (exact) mass is 351 g/mol. The number of fused-ring (bicyclic) bond motifs is 1. The molecule has 1 amide bonds. The van der Waals surface area contributed by atoms with Crippen LogP contribution in [0.5, 0.6) is 5.75 Å². The molecule has 0 aliphatic rings. The van der Waals surface area contributed by atoms with Crippen LogP contribution >= 0.6 is 0 Å². The van der Waals surface area contributed by atoms with Gasteiger partial charge in [-0.2, -0.15) is 0 Å². The first-order chi connectivity index (χ1) is 12.4. The van der Waals surface area contributed by atoms with Crippen LogP contribution in [0.25, 0.3) is 10.9 Å². The molecule has 3 rings (SSSR count). The Morgan fingerprint density at radius 3 is 2.65 bits per heavy atom. The van der Waals surface area contributed by atoms with E-state index in [1.165, 1.54) is 6.07 Å². The van der Waals surface area contributed by atoms with Crippen LogP contribution in [0.2, 0.25) is 0 Å². The van der Waals surface area contributed by atoms with E-state index in [0.29, 0.717) is 22.2 Å². The van der Waals surface area contributed by atoms with Crippen molar-refractivity contribution in [3.05, 3.63) is 65.9 Å². The second-order valence-electron chi connectivity index (χ2n) is 5.85. The summed E-state index contributed by atoms with van der Waals surface area (Å²) in [5.41, 5.74) is 7.30. The van der Waals surface area contributed by atoms with E-state index in [-0.39, 0.29) is 17.9 Å². The smallest absolute Gasteiger partial charge is 0.320 e. The van der Waals surface area contributed by atoms with Gasteiger partial charge in [0.2, 0.25) is 0 Å². The van der Waals surface area contributed by atoms with Crippen molar-refractivity contribution in [1.29, 1.82) is 0 Å². The number of nitrogens with two attached hydrogens (primary N) is 1. The molecule has 5 N–H and O–H groups in total. The zero-order valence-corrected chi connectivity index (χ0v) is 13.7. The summed E-state index contributed by atoms with van der Waals surface area (Å²) in [6.45, 7) is 0. The number of benzene rings is 2. The fourth-order valence-electron chi connectivity index (χ4n) is 2.59. The minimum Gasteiger partial charge on any atom is -0.507 e. The maximum absolute atomic E-state index is 12.4. The van der Waals surface area contributed by atoms with E-state index in [0.717, 1.165) is 0 Å². The topological polar surface area (TPSA) is 126 Å². The van der Waals surface area contributed by atoms with Gasteiger partial charge in [-0.1, -0.05) is 24.3 Å². The van der Waals surface area contributed by atoms with E-state index in [1.807, 2.05) is 0 Å². The lowest BCUT2D eigenvalue weighted by Gasteiger charge is -2.10. The summed E-state index contributed by atoms with van der Waals surface area (Å²) in [7, 11) is 0. The zero-order valence-electron chi connectivity index (χ0n) is 13.7. The highest BCUT2D eigenvalue weighted by atomic mass is 16.4. The Balaban J connectivity index is 1.81. The van der Waals surface area contributed by atoms with Crippen LogP contribution in [0.4, 0.5) is 5.69 Å². The van der Waals surface area contributed by atoms with E-state index in [2.05, 4.69) is 10.3 Å². The van der Waals surface area contributed by atoms with Gasteiger partial charge < -0.3 is 21.3 Å². The van der Waals surface area contributed by atoms with Gasteiger partial charge in [0.25, 0.3) is 5.91 Å². The Morgan fingerprint density at radius 1 is 1.12 bits per heavy atom. The summed E-state index contributed by atoms with van der Waals surface area (Å²) in [4.78, 5) is 27.6. The van der Waals surface area contributed by atoms with Crippen molar-refractivity contribution in [2.45, 2.75) is 12.5 Å². The molecule has 132 valence electrons. The number of para-hydroxylation sites is 1. The molecule has 3 aromatic rings. The highest BCUT2D eigenvalue weighted by Gasteiger charge is 2.14. The second-order valence-corrected chi connectivity index (χ2v) is 5.85.